The normalized spacial score (nSPS) is 19.0. The minimum Gasteiger partial charge on any atom is -0.324 e. The van der Waals surface area contributed by atoms with E-state index in [1.807, 2.05) is 0 Å². The molecule has 1 aliphatic rings. The molecule has 0 aliphatic heterocycles. The number of rotatable bonds is 3. The number of hydrogen-bond donors (Lipinski definition) is 1. The largest absolute Gasteiger partial charge is 0.324 e. The molecule has 0 bridgehead atoms. The highest BCUT2D eigenvalue weighted by atomic mass is 79.9. The van der Waals surface area contributed by atoms with E-state index in [4.69, 9.17) is 5.73 Å². The van der Waals surface area contributed by atoms with Gasteiger partial charge in [0.1, 0.15) is 0 Å². The van der Waals surface area contributed by atoms with Gasteiger partial charge in [-0.1, -0.05) is 47.3 Å². The monoisotopic (exact) mass is 253 g/mol. The predicted molar refractivity (Wildman–Crippen MR) is 63.0 cm³/mol. The Labute approximate surface area is 93.8 Å². The molecular weight excluding hydrogens is 238 g/mol. The van der Waals surface area contributed by atoms with Crippen molar-refractivity contribution in [2.24, 2.45) is 11.7 Å². The summed E-state index contributed by atoms with van der Waals surface area (Å²) in [5.74, 6) is 0.883. The highest BCUT2D eigenvalue weighted by Gasteiger charge is 2.20. The van der Waals surface area contributed by atoms with Crippen LogP contribution in [0.2, 0.25) is 0 Å². The standard InChI is InChI=1S/C12H16BrN/c13-11-6-4-10(5-7-11)12(14)8-9-2-1-3-9/h4-7,9,12H,1-3,8,14H2. The summed E-state index contributed by atoms with van der Waals surface area (Å²) in [7, 11) is 0. The van der Waals surface area contributed by atoms with Gasteiger partial charge in [0.2, 0.25) is 0 Å². The molecule has 1 fully saturated rings. The van der Waals surface area contributed by atoms with Crippen LogP contribution in [0.25, 0.3) is 0 Å². The SMILES string of the molecule is NC(CC1CCC1)c1ccc(Br)cc1. The summed E-state index contributed by atoms with van der Waals surface area (Å²) in [5.41, 5.74) is 7.40. The Bertz CT molecular complexity index is 290. The van der Waals surface area contributed by atoms with E-state index in [1.165, 1.54) is 24.8 Å². The zero-order valence-electron chi connectivity index (χ0n) is 8.25. The molecule has 1 saturated carbocycles. The molecular formula is C12H16BrN. The first-order valence-corrected chi connectivity index (χ1v) is 6.06. The fourth-order valence-electron chi connectivity index (χ4n) is 1.93. The van der Waals surface area contributed by atoms with Crippen molar-refractivity contribution < 1.29 is 0 Å². The van der Waals surface area contributed by atoms with Gasteiger partial charge in [0.25, 0.3) is 0 Å². The number of halogens is 1. The molecule has 1 atom stereocenters. The van der Waals surface area contributed by atoms with Gasteiger partial charge in [0, 0.05) is 10.5 Å². The topological polar surface area (TPSA) is 26.0 Å². The van der Waals surface area contributed by atoms with Crippen LogP contribution in [0.15, 0.2) is 28.7 Å². The van der Waals surface area contributed by atoms with Crippen molar-refractivity contribution in [3.63, 3.8) is 0 Å². The first kappa shape index (κ1) is 10.2. The number of hydrogen-bond acceptors (Lipinski definition) is 1. The minimum atomic E-state index is 0.230. The molecule has 1 aliphatic carbocycles. The molecule has 2 rings (SSSR count). The quantitative estimate of drug-likeness (QED) is 0.875. The van der Waals surface area contributed by atoms with Gasteiger partial charge in [-0.25, -0.2) is 0 Å². The average molecular weight is 254 g/mol. The molecule has 14 heavy (non-hydrogen) atoms. The molecule has 2 N–H and O–H groups in total. The Kier molecular flexibility index (Phi) is 3.24. The van der Waals surface area contributed by atoms with Gasteiger partial charge in [0.05, 0.1) is 0 Å². The van der Waals surface area contributed by atoms with Crippen LogP contribution in [0.4, 0.5) is 0 Å². The molecule has 0 saturated heterocycles. The van der Waals surface area contributed by atoms with Gasteiger partial charge in [0.15, 0.2) is 0 Å². The van der Waals surface area contributed by atoms with Crippen LogP contribution in [0, 0.1) is 5.92 Å². The lowest BCUT2D eigenvalue weighted by Crippen LogP contribution is -2.19. The van der Waals surface area contributed by atoms with Crippen molar-refractivity contribution in [3.8, 4) is 0 Å². The highest BCUT2D eigenvalue weighted by Crippen LogP contribution is 2.33. The molecule has 2 heteroatoms. The molecule has 1 aromatic carbocycles. The van der Waals surface area contributed by atoms with Gasteiger partial charge in [-0.15, -0.1) is 0 Å². The van der Waals surface area contributed by atoms with Crippen molar-refractivity contribution in [2.75, 3.05) is 0 Å². The Balaban J connectivity index is 1.95. The third-order valence-corrected chi connectivity index (χ3v) is 3.64. The second-order valence-electron chi connectivity index (χ2n) is 4.19. The van der Waals surface area contributed by atoms with Gasteiger partial charge < -0.3 is 5.73 Å². The first-order valence-electron chi connectivity index (χ1n) is 5.27. The highest BCUT2D eigenvalue weighted by molar-refractivity contribution is 9.10. The lowest BCUT2D eigenvalue weighted by molar-refractivity contribution is 0.277. The van der Waals surface area contributed by atoms with Gasteiger partial charge >= 0.3 is 0 Å². The van der Waals surface area contributed by atoms with Crippen LogP contribution in [-0.4, -0.2) is 0 Å². The van der Waals surface area contributed by atoms with Crippen LogP contribution < -0.4 is 5.73 Å². The van der Waals surface area contributed by atoms with E-state index >= 15 is 0 Å². The molecule has 0 aromatic heterocycles. The summed E-state index contributed by atoms with van der Waals surface area (Å²) < 4.78 is 1.12. The maximum absolute atomic E-state index is 6.14. The lowest BCUT2D eigenvalue weighted by atomic mass is 9.80. The molecule has 1 unspecified atom stereocenters. The first-order chi connectivity index (χ1) is 6.75. The van der Waals surface area contributed by atoms with E-state index in [0.29, 0.717) is 0 Å². The molecule has 1 aromatic rings. The number of benzene rings is 1. The fourth-order valence-corrected chi connectivity index (χ4v) is 2.20. The van der Waals surface area contributed by atoms with Gasteiger partial charge in [-0.3, -0.25) is 0 Å². The van der Waals surface area contributed by atoms with Crippen molar-refractivity contribution in [2.45, 2.75) is 31.7 Å². The summed E-state index contributed by atoms with van der Waals surface area (Å²) in [6.07, 6.45) is 5.31. The molecule has 0 spiro atoms. The van der Waals surface area contributed by atoms with Crippen molar-refractivity contribution in [1.82, 2.24) is 0 Å². The van der Waals surface area contributed by atoms with Crippen molar-refractivity contribution in [3.05, 3.63) is 34.3 Å². The van der Waals surface area contributed by atoms with E-state index in [9.17, 15) is 0 Å². The molecule has 0 amide bonds. The molecule has 76 valence electrons. The van der Waals surface area contributed by atoms with E-state index in [1.54, 1.807) is 0 Å². The zero-order chi connectivity index (χ0) is 9.97. The third-order valence-electron chi connectivity index (χ3n) is 3.11. The van der Waals surface area contributed by atoms with Crippen LogP contribution in [0.3, 0.4) is 0 Å². The minimum absolute atomic E-state index is 0.230. The van der Waals surface area contributed by atoms with Gasteiger partial charge in [-0.05, 0) is 30.0 Å². The molecule has 0 radical (unpaired) electrons. The van der Waals surface area contributed by atoms with E-state index in [0.717, 1.165) is 16.8 Å². The summed E-state index contributed by atoms with van der Waals surface area (Å²) in [4.78, 5) is 0. The maximum atomic E-state index is 6.14. The third kappa shape index (κ3) is 2.37. The van der Waals surface area contributed by atoms with Gasteiger partial charge in [-0.2, -0.15) is 0 Å². The van der Waals surface area contributed by atoms with Crippen LogP contribution in [-0.2, 0) is 0 Å². The summed E-state index contributed by atoms with van der Waals surface area (Å²) in [5, 5.41) is 0. The Morgan fingerprint density at radius 1 is 1.29 bits per heavy atom. The zero-order valence-corrected chi connectivity index (χ0v) is 9.83. The van der Waals surface area contributed by atoms with Crippen LogP contribution in [0.1, 0.15) is 37.3 Å². The van der Waals surface area contributed by atoms with Crippen LogP contribution >= 0.6 is 15.9 Å². The fraction of sp³-hybridized carbons (Fsp3) is 0.500. The number of nitrogens with two attached hydrogens (primary N) is 1. The predicted octanol–water partition coefficient (Wildman–Crippen LogP) is 3.64. The second kappa shape index (κ2) is 4.45. The van der Waals surface area contributed by atoms with E-state index in [-0.39, 0.29) is 6.04 Å². The second-order valence-corrected chi connectivity index (χ2v) is 5.11. The Hall–Kier alpha value is -0.340. The van der Waals surface area contributed by atoms with Crippen molar-refractivity contribution >= 4 is 15.9 Å². The molecule has 0 heterocycles. The van der Waals surface area contributed by atoms with E-state index in [2.05, 4.69) is 40.2 Å². The summed E-state index contributed by atoms with van der Waals surface area (Å²) >= 11 is 3.43. The van der Waals surface area contributed by atoms with Crippen LogP contribution in [0.5, 0.6) is 0 Å². The summed E-state index contributed by atoms with van der Waals surface area (Å²) in [6, 6.07) is 8.60. The van der Waals surface area contributed by atoms with E-state index < -0.39 is 0 Å². The van der Waals surface area contributed by atoms with Crippen molar-refractivity contribution in [1.29, 1.82) is 0 Å². The Morgan fingerprint density at radius 2 is 1.93 bits per heavy atom. The summed E-state index contributed by atoms with van der Waals surface area (Å²) in [6.45, 7) is 0. The Morgan fingerprint density at radius 3 is 2.43 bits per heavy atom. The smallest absolute Gasteiger partial charge is 0.0297 e. The maximum Gasteiger partial charge on any atom is 0.0297 e. The molecule has 1 nitrogen and oxygen atoms in total. The average Bonchev–Trinajstić information content (AvgIpc) is 2.12. The lowest BCUT2D eigenvalue weighted by Gasteiger charge is -2.28.